The van der Waals surface area contributed by atoms with Gasteiger partial charge in [0.25, 0.3) is 0 Å². The highest BCUT2D eigenvalue weighted by molar-refractivity contribution is 8.76. The van der Waals surface area contributed by atoms with Gasteiger partial charge in [0, 0.05) is 11.5 Å². The Kier molecular flexibility index (Phi) is 13.8. The second-order valence-corrected chi connectivity index (χ2v) is 7.38. The van der Waals surface area contributed by atoms with Crippen LogP contribution in [0.15, 0.2) is 0 Å². The molecule has 0 heterocycles. The molecule has 2 atom stereocenters. The summed E-state index contributed by atoms with van der Waals surface area (Å²) in [5.74, 6) is -1.46. The van der Waals surface area contributed by atoms with Crippen LogP contribution in [0.1, 0.15) is 13.8 Å². The van der Waals surface area contributed by atoms with Crippen LogP contribution in [0.3, 0.4) is 0 Å². The lowest BCUT2D eigenvalue weighted by Gasteiger charge is -2.13. The second-order valence-electron chi connectivity index (χ2n) is 4.83. The van der Waals surface area contributed by atoms with Gasteiger partial charge in [0.15, 0.2) is 0 Å². The highest BCUT2D eigenvalue weighted by Gasteiger charge is 2.17. The zero-order chi connectivity index (χ0) is 19.9. The Balaban J connectivity index is 3.88. The van der Waals surface area contributed by atoms with Gasteiger partial charge in [-0.15, -0.1) is 0 Å². The molecule has 26 heavy (non-hydrogen) atoms. The molecule has 150 valence electrons. The summed E-state index contributed by atoms with van der Waals surface area (Å²) < 4.78 is 9.37. The molecule has 0 aliphatic heterocycles. The maximum atomic E-state index is 11.7. The van der Waals surface area contributed by atoms with Crippen LogP contribution in [0.25, 0.3) is 0 Å². The van der Waals surface area contributed by atoms with Crippen LogP contribution in [-0.2, 0) is 28.7 Å². The van der Waals surface area contributed by atoms with E-state index in [9.17, 15) is 19.2 Å². The average Bonchev–Trinajstić information content (AvgIpc) is 2.61. The van der Waals surface area contributed by atoms with Crippen molar-refractivity contribution in [1.82, 2.24) is 10.6 Å². The number of esters is 2. The monoisotopic (exact) mass is 410 g/mol. The Labute approximate surface area is 160 Å². The van der Waals surface area contributed by atoms with Gasteiger partial charge in [0.05, 0.1) is 25.3 Å². The largest absolute Gasteiger partial charge is 0.465 e. The summed E-state index contributed by atoms with van der Waals surface area (Å²) in [7, 11) is 2.55. The molecular formula is C14H26N4O6S2. The van der Waals surface area contributed by atoms with E-state index in [0.29, 0.717) is 0 Å². The van der Waals surface area contributed by atoms with Gasteiger partial charge in [-0.25, -0.2) is 0 Å². The molecule has 12 heteroatoms. The van der Waals surface area contributed by atoms with Crippen molar-refractivity contribution < 1.29 is 28.7 Å². The fraction of sp³-hybridized carbons (Fsp3) is 0.714. The van der Waals surface area contributed by atoms with E-state index in [1.807, 2.05) is 0 Å². The number of carbonyl (C=O) groups excluding carboxylic acids is 4. The van der Waals surface area contributed by atoms with Crippen LogP contribution in [0, 0.1) is 0 Å². The topological polar surface area (TPSA) is 163 Å². The molecule has 0 saturated carbocycles. The summed E-state index contributed by atoms with van der Waals surface area (Å²) in [6, 6.07) is -1.62. The Hall–Kier alpha value is -1.50. The van der Waals surface area contributed by atoms with Crippen LogP contribution in [0.5, 0.6) is 0 Å². The summed E-state index contributed by atoms with van der Waals surface area (Å²) in [5, 5.41) is 4.76. The van der Waals surface area contributed by atoms with Crippen molar-refractivity contribution in [3.63, 3.8) is 0 Å². The van der Waals surface area contributed by atoms with Gasteiger partial charge in [-0.2, -0.15) is 0 Å². The van der Waals surface area contributed by atoms with E-state index in [4.69, 9.17) is 11.5 Å². The molecule has 0 aliphatic rings. The minimum atomic E-state index is -0.809. The van der Waals surface area contributed by atoms with E-state index in [2.05, 4.69) is 20.1 Å². The first-order valence-corrected chi connectivity index (χ1v) is 10.4. The fourth-order valence-electron chi connectivity index (χ4n) is 1.40. The molecular weight excluding hydrogens is 384 g/mol. The molecule has 6 N–H and O–H groups in total. The van der Waals surface area contributed by atoms with E-state index in [-0.39, 0.29) is 37.8 Å². The molecule has 10 nitrogen and oxygen atoms in total. The summed E-state index contributed by atoms with van der Waals surface area (Å²) in [6.45, 7) is 3.34. The van der Waals surface area contributed by atoms with Crippen LogP contribution in [-0.4, -0.2) is 73.6 Å². The minimum Gasteiger partial charge on any atom is -0.465 e. The predicted octanol–water partition coefficient (Wildman–Crippen LogP) is -1.62. The van der Waals surface area contributed by atoms with Crippen molar-refractivity contribution in [3.05, 3.63) is 0 Å². The molecule has 0 spiro atoms. The van der Waals surface area contributed by atoms with Crippen molar-refractivity contribution in [2.75, 3.05) is 37.8 Å². The first-order valence-electron chi connectivity index (χ1n) is 7.94. The van der Waals surface area contributed by atoms with E-state index >= 15 is 0 Å². The third kappa shape index (κ3) is 12.0. The lowest BCUT2D eigenvalue weighted by molar-refractivity contribution is -0.144. The van der Waals surface area contributed by atoms with Crippen LogP contribution in [0.2, 0.25) is 0 Å². The van der Waals surface area contributed by atoms with Gasteiger partial charge in [0.1, 0.15) is 13.1 Å². The number of hydrogen-bond acceptors (Lipinski definition) is 10. The first-order chi connectivity index (χ1) is 12.3. The molecule has 0 aromatic carbocycles. The molecule has 0 fully saturated rings. The summed E-state index contributed by atoms with van der Waals surface area (Å²) in [6.07, 6.45) is 0. The third-order valence-corrected chi connectivity index (χ3v) is 5.15. The quantitative estimate of drug-likeness (QED) is 0.158. The summed E-state index contributed by atoms with van der Waals surface area (Å²) in [4.78, 5) is 45.6. The van der Waals surface area contributed by atoms with E-state index in [1.54, 1.807) is 13.8 Å². The lowest BCUT2D eigenvalue weighted by atomic mass is 10.3. The van der Waals surface area contributed by atoms with Crippen molar-refractivity contribution in [1.29, 1.82) is 0 Å². The van der Waals surface area contributed by atoms with Crippen molar-refractivity contribution >= 4 is 45.3 Å². The molecule has 0 saturated heterocycles. The number of rotatable bonds is 13. The van der Waals surface area contributed by atoms with Gasteiger partial charge in [-0.05, 0) is 13.8 Å². The minimum absolute atomic E-state index is 0.232. The molecule has 2 amide bonds. The highest BCUT2D eigenvalue weighted by Crippen LogP contribution is 2.22. The number of nitrogens with two attached hydrogens (primary N) is 2. The Bertz CT molecular complexity index is 438. The Morgan fingerprint density at radius 1 is 0.808 bits per heavy atom. The van der Waals surface area contributed by atoms with E-state index < -0.39 is 35.8 Å². The van der Waals surface area contributed by atoms with Crippen molar-refractivity contribution in [2.24, 2.45) is 11.5 Å². The smallest absolute Gasteiger partial charge is 0.325 e. The summed E-state index contributed by atoms with van der Waals surface area (Å²) in [5.41, 5.74) is 11.4. The normalized spacial score (nSPS) is 12.6. The van der Waals surface area contributed by atoms with Gasteiger partial charge in [-0.3, -0.25) is 19.2 Å². The van der Waals surface area contributed by atoms with Gasteiger partial charge in [0.2, 0.25) is 11.8 Å². The Morgan fingerprint density at radius 2 is 1.15 bits per heavy atom. The first kappa shape index (κ1) is 24.5. The van der Waals surface area contributed by atoms with E-state index in [1.165, 1.54) is 21.6 Å². The number of ether oxygens (including phenoxy) is 2. The van der Waals surface area contributed by atoms with Crippen LogP contribution >= 0.6 is 21.6 Å². The zero-order valence-corrected chi connectivity index (χ0v) is 16.5. The molecule has 0 bridgehead atoms. The SMILES string of the molecule is CCOC(=O)CNC(=O)[C@@H](N)CSSC[C@H](N)C(=O)NCC(=O)OCC. The van der Waals surface area contributed by atoms with Gasteiger partial charge in [-0.1, -0.05) is 21.6 Å². The molecule has 0 aromatic rings. The Morgan fingerprint density at radius 3 is 1.46 bits per heavy atom. The predicted molar refractivity (Wildman–Crippen MR) is 100 cm³/mol. The standard InChI is InChI=1S/C14H26N4O6S2/c1-3-23-11(19)5-17-13(21)9(15)7-25-26-8-10(16)14(22)18-6-12(20)24-4-2/h9-10H,3-8,15-16H2,1-2H3,(H,17,21)(H,18,22)/t9-,10-/m0/s1. The number of carbonyl (C=O) groups is 4. The summed E-state index contributed by atoms with van der Waals surface area (Å²) >= 11 is 0. The molecule has 0 rings (SSSR count). The fourth-order valence-corrected chi connectivity index (χ4v) is 3.64. The average molecular weight is 411 g/mol. The van der Waals surface area contributed by atoms with Crippen LogP contribution in [0.4, 0.5) is 0 Å². The van der Waals surface area contributed by atoms with Crippen molar-refractivity contribution in [2.45, 2.75) is 25.9 Å². The van der Waals surface area contributed by atoms with E-state index in [0.717, 1.165) is 0 Å². The lowest BCUT2D eigenvalue weighted by Crippen LogP contribution is -2.45. The molecule has 0 radical (unpaired) electrons. The maximum absolute atomic E-state index is 11.7. The zero-order valence-electron chi connectivity index (χ0n) is 14.8. The van der Waals surface area contributed by atoms with Gasteiger partial charge >= 0.3 is 11.9 Å². The molecule has 0 unspecified atom stereocenters. The van der Waals surface area contributed by atoms with Gasteiger partial charge < -0.3 is 31.6 Å². The van der Waals surface area contributed by atoms with Crippen LogP contribution < -0.4 is 22.1 Å². The highest BCUT2D eigenvalue weighted by atomic mass is 33.1. The number of nitrogens with one attached hydrogen (secondary N) is 2. The molecule has 0 aliphatic carbocycles. The third-order valence-electron chi connectivity index (χ3n) is 2.68. The number of hydrogen-bond donors (Lipinski definition) is 4. The van der Waals surface area contributed by atoms with Crippen molar-refractivity contribution in [3.8, 4) is 0 Å². The second kappa shape index (κ2) is 14.6. The maximum Gasteiger partial charge on any atom is 0.325 e. The number of amides is 2. The molecule has 0 aromatic heterocycles.